The van der Waals surface area contributed by atoms with E-state index in [4.69, 9.17) is 0 Å². The Morgan fingerprint density at radius 1 is 0.815 bits per heavy atom. The molecule has 0 radical (unpaired) electrons. The number of hydrogen-bond donors (Lipinski definition) is 1. The fraction of sp³-hybridized carbons (Fsp3) is 0.0833. The third-order valence-corrected chi connectivity index (χ3v) is 4.63. The number of amides is 1. The van der Waals surface area contributed by atoms with Crippen LogP contribution in [0.4, 0.5) is 0 Å². The molecule has 0 aromatic heterocycles. The average molecular weight is 352 g/mol. The van der Waals surface area contributed by atoms with E-state index in [9.17, 15) is 4.79 Å². The van der Waals surface area contributed by atoms with Crippen molar-refractivity contribution >= 4 is 23.3 Å². The highest BCUT2D eigenvalue weighted by atomic mass is 16.2. The summed E-state index contributed by atoms with van der Waals surface area (Å²) in [7, 11) is 0. The number of nitrogens with zero attached hydrogens (tertiary/aromatic N) is 1. The van der Waals surface area contributed by atoms with Crippen LogP contribution < -0.4 is 5.43 Å². The minimum atomic E-state index is -0.0284. The van der Waals surface area contributed by atoms with E-state index in [-0.39, 0.29) is 5.91 Å². The molecule has 0 atom stereocenters. The van der Waals surface area contributed by atoms with Crippen LogP contribution in [0.2, 0.25) is 0 Å². The number of rotatable bonds is 4. The molecule has 1 heterocycles. The van der Waals surface area contributed by atoms with Crippen LogP contribution >= 0.6 is 0 Å². The van der Waals surface area contributed by atoms with Gasteiger partial charge in [0.15, 0.2) is 0 Å². The Morgan fingerprint density at radius 2 is 1.48 bits per heavy atom. The van der Waals surface area contributed by atoms with Crippen LogP contribution in [0.1, 0.15) is 35.1 Å². The number of benzene rings is 3. The summed E-state index contributed by atoms with van der Waals surface area (Å²) >= 11 is 0. The van der Waals surface area contributed by atoms with Crippen molar-refractivity contribution < 1.29 is 4.79 Å². The molecule has 3 nitrogen and oxygen atoms in total. The maximum Gasteiger partial charge on any atom is 0.240 e. The predicted molar refractivity (Wildman–Crippen MR) is 110 cm³/mol. The topological polar surface area (TPSA) is 41.5 Å². The Balaban J connectivity index is 1.87. The van der Waals surface area contributed by atoms with Crippen molar-refractivity contribution in [1.82, 2.24) is 5.43 Å². The fourth-order valence-electron chi connectivity index (χ4n) is 3.29. The van der Waals surface area contributed by atoms with Crippen LogP contribution in [0.25, 0.3) is 11.6 Å². The number of hydrogen-bond acceptors (Lipinski definition) is 2. The minimum absolute atomic E-state index is 0.0284. The molecule has 1 N–H and O–H groups in total. The van der Waals surface area contributed by atoms with E-state index in [0.717, 1.165) is 33.5 Å². The Bertz CT molecular complexity index is 1000. The molecule has 0 saturated heterocycles. The molecule has 1 aliphatic rings. The van der Waals surface area contributed by atoms with E-state index in [2.05, 4.69) is 65.1 Å². The van der Waals surface area contributed by atoms with Gasteiger partial charge in [-0.05, 0) is 28.3 Å². The predicted octanol–water partition coefficient (Wildman–Crippen LogP) is 4.89. The van der Waals surface area contributed by atoms with Gasteiger partial charge in [0.05, 0.1) is 5.71 Å². The van der Waals surface area contributed by atoms with Crippen LogP contribution in [0.15, 0.2) is 90.0 Å². The molecule has 3 heteroatoms. The van der Waals surface area contributed by atoms with E-state index in [1.54, 1.807) is 0 Å². The van der Waals surface area contributed by atoms with Crippen LogP contribution in [-0.2, 0) is 4.79 Å². The highest BCUT2D eigenvalue weighted by Crippen LogP contribution is 2.30. The summed E-state index contributed by atoms with van der Waals surface area (Å²) in [5, 5.41) is 4.31. The zero-order valence-electron chi connectivity index (χ0n) is 14.9. The molecule has 132 valence electrons. The molecule has 0 aliphatic carbocycles. The lowest BCUT2D eigenvalue weighted by molar-refractivity contribution is -0.121. The third kappa shape index (κ3) is 3.87. The van der Waals surface area contributed by atoms with Crippen molar-refractivity contribution in [2.75, 3.05) is 0 Å². The summed E-state index contributed by atoms with van der Waals surface area (Å²) in [6.45, 7) is 0. The second-order valence-corrected chi connectivity index (χ2v) is 6.47. The second kappa shape index (κ2) is 7.83. The molecule has 0 unspecified atom stereocenters. The van der Waals surface area contributed by atoms with Crippen LogP contribution in [0, 0.1) is 0 Å². The summed E-state index contributed by atoms with van der Waals surface area (Å²) < 4.78 is 0. The van der Waals surface area contributed by atoms with E-state index in [1.807, 2.05) is 36.4 Å². The maximum atomic E-state index is 11.5. The van der Waals surface area contributed by atoms with E-state index in [1.165, 1.54) is 0 Å². The summed E-state index contributed by atoms with van der Waals surface area (Å²) in [5.74, 6) is -0.0284. The highest BCUT2D eigenvalue weighted by Gasteiger charge is 2.18. The molecule has 3 aromatic rings. The largest absolute Gasteiger partial charge is 0.273 e. The first-order valence-electron chi connectivity index (χ1n) is 9.08. The molecular formula is C24H20N2O. The van der Waals surface area contributed by atoms with Crippen LogP contribution in [-0.4, -0.2) is 11.6 Å². The van der Waals surface area contributed by atoms with Gasteiger partial charge in [0.25, 0.3) is 0 Å². The maximum absolute atomic E-state index is 11.5. The minimum Gasteiger partial charge on any atom is -0.273 e. The van der Waals surface area contributed by atoms with E-state index < -0.39 is 0 Å². The van der Waals surface area contributed by atoms with Crippen molar-refractivity contribution in [3.63, 3.8) is 0 Å². The number of carbonyl (C=O) groups excluding carboxylic acids is 1. The van der Waals surface area contributed by atoms with Crippen LogP contribution in [0.3, 0.4) is 0 Å². The van der Waals surface area contributed by atoms with Crippen molar-refractivity contribution in [3.05, 3.63) is 107 Å². The molecular weight excluding hydrogens is 332 g/mol. The summed E-state index contributed by atoms with van der Waals surface area (Å²) in [4.78, 5) is 11.5. The lowest BCUT2D eigenvalue weighted by atomic mass is 9.89. The van der Waals surface area contributed by atoms with Gasteiger partial charge in [0.2, 0.25) is 5.91 Å². The standard InChI is InChI=1S/C24H20N2O/c27-24-16-15-23(25-26-24)21-14-8-7-13-20(21)22(19-11-5-2-6-12-19)17-18-9-3-1-4-10-18/h1-14,17H,15-16H2,(H,26,27)/b22-17+. The molecule has 4 rings (SSSR count). The van der Waals surface area contributed by atoms with Crippen molar-refractivity contribution in [3.8, 4) is 0 Å². The molecule has 1 aliphatic heterocycles. The first-order chi connectivity index (χ1) is 13.3. The van der Waals surface area contributed by atoms with Gasteiger partial charge < -0.3 is 0 Å². The molecule has 0 fully saturated rings. The van der Waals surface area contributed by atoms with Gasteiger partial charge in [-0.3, -0.25) is 4.79 Å². The van der Waals surface area contributed by atoms with E-state index in [0.29, 0.717) is 12.8 Å². The number of nitrogens with one attached hydrogen (secondary N) is 1. The summed E-state index contributed by atoms with van der Waals surface area (Å²) in [6.07, 6.45) is 3.32. The second-order valence-electron chi connectivity index (χ2n) is 6.47. The SMILES string of the molecule is O=C1CCC(c2ccccc2/C(=C/c2ccccc2)c2ccccc2)=NN1. The monoisotopic (exact) mass is 352 g/mol. The van der Waals surface area contributed by atoms with Gasteiger partial charge in [-0.2, -0.15) is 5.10 Å². The van der Waals surface area contributed by atoms with Gasteiger partial charge >= 0.3 is 0 Å². The number of hydrazone groups is 1. The smallest absolute Gasteiger partial charge is 0.240 e. The van der Waals surface area contributed by atoms with Crippen molar-refractivity contribution in [2.45, 2.75) is 12.8 Å². The average Bonchev–Trinajstić information content (AvgIpc) is 2.74. The van der Waals surface area contributed by atoms with Gasteiger partial charge in [-0.15, -0.1) is 0 Å². The first-order valence-corrected chi connectivity index (χ1v) is 9.08. The molecule has 0 saturated carbocycles. The number of carbonyl (C=O) groups is 1. The molecule has 27 heavy (non-hydrogen) atoms. The normalized spacial score (nSPS) is 14.4. The molecule has 0 spiro atoms. The molecule has 0 bridgehead atoms. The summed E-state index contributed by atoms with van der Waals surface area (Å²) in [6, 6.07) is 28.9. The lowest BCUT2D eigenvalue weighted by Crippen LogP contribution is -2.26. The molecule has 3 aromatic carbocycles. The van der Waals surface area contributed by atoms with Crippen molar-refractivity contribution in [1.29, 1.82) is 0 Å². The fourth-order valence-corrected chi connectivity index (χ4v) is 3.29. The van der Waals surface area contributed by atoms with Gasteiger partial charge in [0.1, 0.15) is 0 Å². The first kappa shape index (κ1) is 17.0. The van der Waals surface area contributed by atoms with Crippen LogP contribution in [0.5, 0.6) is 0 Å². The highest BCUT2D eigenvalue weighted by molar-refractivity contribution is 6.09. The lowest BCUT2D eigenvalue weighted by Gasteiger charge is -2.18. The Hall–Kier alpha value is -3.46. The molecule has 1 amide bonds. The van der Waals surface area contributed by atoms with Gasteiger partial charge in [0, 0.05) is 18.4 Å². The summed E-state index contributed by atoms with van der Waals surface area (Å²) in [5.41, 5.74) is 9.13. The van der Waals surface area contributed by atoms with Gasteiger partial charge in [-0.1, -0.05) is 84.9 Å². The van der Waals surface area contributed by atoms with E-state index >= 15 is 0 Å². The third-order valence-electron chi connectivity index (χ3n) is 4.63. The van der Waals surface area contributed by atoms with Crippen molar-refractivity contribution in [2.24, 2.45) is 5.10 Å². The Labute approximate surface area is 159 Å². The Morgan fingerprint density at radius 3 is 2.19 bits per heavy atom. The zero-order valence-corrected chi connectivity index (χ0v) is 14.9. The quantitative estimate of drug-likeness (QED) is 0.667. The Kier molecular flexibility index (Phi) is 4.93. The van der Waals surface area contributed by atoms with Gasteiger partial charge in [-0.25, -0.2) is 5.43 Å². The zero-order chi connectivity index (χ0) is 18.5.